The first kappa shape index (κ1) is 45.1. The van der Waals surface area contributed by atoms with E-state index in [-0.39, 0.29) is 0 Å². The zero-order valence-corrected chi connectivity index (χ0v) is 41.2. The Bertz CT molecular complexity index is 2780. The smallest absolute Gasteiger partial charge is 0.399 e. The Labute approximate surface area is 393 Å². The van der Waals surface area contributed by atoms with Crippen LogP contribution < -0.4 is 5.46 Å². The third kappa shape index (κ3) is 9.30. The summed E-state index contributed by atoms with van der Waals surface area (Å²) >= 11 is 4.97. The lowest BCUT2D eigenvalue weighted by Gasteiger charge is -2.32. The summed E-state index contributed by atoms with van der Waals surface area (Å²) in [5.74, 6) is 0. The second kappa shape index (κ2) is 19.8. The van der Waals surface area contributed by atoms with Gasteiger partial charge in [0.25, 0.3) is 0 Å². The number of hydrogen-bond acceptors (Lipinski definition) is 7. The van der Waals surface area contributed by atoms with Crippen molar-refractivity contribution in [1.29, 1.82) is 0 Å². The van der Waals surface area contributed by atoms with Gasteiger partial charge in [-0.05, 0) is 93.5 Å². The van der Waals surface area contributed by atoms with E-state index in [4.69, 9.17) is 18.1 Å². The molecular weight excluding hydrogens is 842 g/mol. The molecule has 5 nitrogen and oxygen atoms in total. The van der Waals surface area contributed by atoms with Gasteiger partial charge in [-0.25, -0.2) is 0 Å². The number of benzene rings is 4. The van der Waals surface area contributed by atoms with E-state index in [0.717, 1.165) is 27.6 Å². The van der Waals surface area contributed by atoms with Crippen LogP contribution in [0.3, 0.4) is 0 Å². The van der Waals surface area contributed by atoms with Crippen LogP contribution in [0.25, 0.3) is 74.6 Å². The molecule has 64 heavy (non-hydrogen) atoms. The lowest BCUT2D eigenvalue weighted by Crippen LogP contribution is -2.41. The van der Waals surface area contributed by atoms with Gasteiger partial charge in [0.15, 0.2) is 0 Å². The Morgan fingerprint density at radius 1 is 0.531 bits per heavy atom. The Morgan fingerprint density at radius 2 is 1.03 bits per heavy atom. The van der Waals surface area contributed by atoms with Crippen LogP contribution in [-0.4, -0.2) is 31.6 Å². The van der Waals surface area contributed by atoms with Crippen molar-refractivity contribution < 1.29 is 9.31 Å². The third-order valence-corrected chi connectivity index (χ3v) is 16.9. The fraction of sp³-hybridized carbons (Fsp3) is 0.418. The van der Waals surface area contributed by atoms with Crippen molar-refractivity contribution in [2.45, 2.75) is 149 Å². The quantitative estimate of drug-likeness (QED) is 0.0565. The van der Waals surface area contributed by atoms with Gasteiger partial charge in [0.05, 0.1) is 28.4 Å². The Morgan fingerprint density at radius 3 is 1.61 bits per heavy atom. The van der Waals surface area contributed by atoms with Crippen molar-refractivity contribution in [3.05, 3.63) is 103 Å². The van der Waals surface area contributed by atoms with Crippen LogP contribution >= 0.6 is 34.4 Å². The molecule has 0 radical (unpaired) electrons. The minimum atomic E-state index is -0.401. The van der Waals surface area contributed by atoms with Crippen LogP contribution in [0.15, 0.2) is 103 Å². The first-order valence-electron chi connectivity index (χ1n) is 24.1. The molecule has 9 heteroatoms. The van der Waals surface area contributed by atoms with Crippen LogP contribution in [0.1, 0.15) is 137 Å². The van der Waals surface area contributed by atoms with E-state index in [1.165, 1.54) is 154 Å². The molecule has 4 aromatic carbocycles. The molecule has 0 saturated carbocycles. The van der Waals surface area contributed by atoms with Crippen molar-refractivity contribution in [2.75, 3.05) is 0 Å². The molecule has 9 rings (SSSR count). The molecule has 0 aliphatic carbocycles. The molecular formula is C55H64BN3O2S3. The van der Waals surface area contributed by atoms with Crippen LogP contribution in [0.5, 0.6) is 0 Å². The van der Waals surface area contributed by atoms with E-state index in [0.29, 0.717) is 6.04 Å². The number of hydrogen-bond donors (Lipinski definition) is 0. The highest BCUT2D eigenvalue weighted by Gasteiger charge is 2.51. The highest BCUT2D eigenvalue weighted by atomic mass is 32.1. The topological polar surface area (TPSA) is 49.2 Å². The summed E-state index contributed by atoms with van der Waals surface area (Å²) in [4.78, 5) is 4.96. The summed E-state index contributed by atoms with van der Waals surface area (Å²) in [7, 11) is -0.401. The predicted molar refractivity (Wildman–Crippen MR) is 279 cm³/mol. The van der Waals surface area contributed by atoms with E-state index in [1.54, 1.807) is 0 Å². The molecule has 332 valence electrons. The van der Waals surface area contributed by atoms with Crippen molar-refractivity contribution >= 4 is 79.8 Å². The number of fused-ring (bicyclic) bond motifs is 4. The molecule has 4 aromatic heterocycles. The number of nitrogens with zero attached hydrogens (tertiary/aromatic N) is 3. The van der Waals surface area contributed by atoms with Crippen molar-refractivity contribution in [1.82, 2.24) is 13.3 Å². The lowest BCUT2D eigenvalue weighted by atomic mass is 9.78. The zero-order valence-electron chi connectivity index (χ0n) is 38.8. The van der Waals surface area contributed by atoms with Gasteiger partial charge in [0.2, 0.25) is 0 Å². The minimum absolute atomic E-state index is 0.396. The average Bonchev–Trinajstić information content (AvgIpc) is 4.15. The van der Waals surface area contributed by atoms with Crippen LogP contribution in [0, 0.1) is 0 Å². The molecule has 1 fully saturated rings. The van der Waals surface area contributed by atoms with Gasteiger partial charge < -0.3 is 13.9 Å². The molecule has 1 aliphatic rings. The number of rotatable bonds is 20. The largest absolute Gasteiger partial charge is 0.494 e. The number of aromatic nitrogens is 3. The molecule has 0 N–H and O–H groups in total. The fourth-order valence-corrected chi connectivity index (χ4v) is 12.2. The van der Waals surface area contributed by atoms with E-state index >= 15 is 0 Å². The van der Waals surface area contributed by atoms with E-state index in [2.05, 4.69) is 149 Å². The molecule has 1 aliphatic heterocycles. The highest BCUT2D eigenvalue weighted by molar-refractivity contribution is 7.19. The summed E-state index contributed by atoms with van der Waals surface area (Å²) < 4.78 is 25.8. The molecule has 0 amide bonds. The van der Waals surface area contributed by atoms with Crippen LogP contribution in [-0.2, 0) is 9.31 Å². The van der Waals surface area contributed by atoms with Gasteiger partial charge in [-0.2, -0.15) is 8.75 Å². The second-order valence-electron chi connectivity index (χ2n) is 19.0. The summed E-state index contributed by atoms with van der Waals surface area (Å²) in [5, 5.41) is 2.63. The molecule has 0 spiro atoms. The molecule has 0 bridgehead atoms. The Balaban J connectivity index is 1.08. The Kier molecular flexibility index (Phi) is 13.9. The normalized spacial score (nSPS) is 14.9. The highest BCUT2D eigenvalue weighted by Crippen LogP contribution is 2.44. The minimum Gasteiger partial charge on any atom is -0.399 e. The fourth-order valence-electron chi connectivity index (χ4n) is 9.60. The van der Waals surface area contributed by atoms with Gasteiger partial charge >= 0.3 is 7.12 Å². The van der Waals surface area contributed by atoms with Gasteiger partial charge in [0.1, 0.15) is 11.0 Å². The van der Waals surface area contributed by atoms with Gasteiger partial charge in [-0.3, -0.25) is 0 Å². The summed E-state index contributed by atoms with van der Waals surface area (Å²) in [6.07, 6.45) is 18.1. The summed E-state index contributed by atoms with van der Waals surface area (Å²) in [6.45, 7) is 13.2. The maximum Gasteiger partial charge on any atom is 0.494 e. The molecule has 1 saturated heterocycles. The second-order valence-corrected chi connectivity index (χ2v) is 21.7. The van der Waals surface area contributed by atoms with E-state index < -0.39 is 18.3 Å². The SMILES string of the molecule is CCCCCCCCC(CCCCCCCC)n1c2cc(B3OC(C)(C)C(C)(C)O3)ccc2c2ccc(-c3ccc(-c4ccc(-c5ccc(-c6ccccc6)s5)c5nsnc45)s3)cc21. The zero-order chi connectivity index (χ0) is 44.3. The molecule has 0 atom stereocenters. The number of thiophene rings is 2. The van der Waals surface area contributed by atoms with Crippen molar-refractivity contribution in [2.24, 2.45) is 0 Å². The van der Waals surface area contributed by atoms with Gasteiger partial charge in [-0.15, -0.1) is 22.7 Å². The maximum absolute atomic E-state index is 6.64. The maximum atomic E-state index is 6.64. The summed E-state index contributed by atoms with van der Waals surface area (Å²) in [6, 6.07) is 38.7. The first-order valence-corrected chi connectivity index (χ1v) is 26.5. The van der Waals surface area contributed by atoms with E-state index in [1.807, 2.05) is 22.7 Å². The average molecular weight is 906 g/mol. The van der Waals surface area contributed by atoms with E-state index in [9.17, 15) is 0 Å². The predicted octanol–water partition coefficient (Wildman–Crippen LogP) is 16.9. The van der Waals surface area contributed by atoms with Crippen molar-refractivity contribution in [3.63, 3.8) is 0 Å². The van der Waals surface area contributed by atoms with Gasteiger partial charge in [-0.1, -0.05) is 158 Å². The first-order chi connectivity index (χ1) is 31.2. The third-order valence-electron chi connectivity index (χ3n) is 14.0. The molecule has 0 unspecified atom stereocenters. The standard InChI is InChI=1S/C55H64BN3O2S3/c1-7-9-11-13-15-20-24-41(25-21-16-14-12-10-8-2)59-46-36-39(26-28-42(46)43-29-27-40(37-47(43)59)56-60-54(3,4)55(5,6)61-56)49-33-35-51(63-49)45-31-30-44(52-53(45)58-64-57-52)50-34-32-48(62-50)38-22-18-17-19-23-38/h17-19,22-23,26-37,41H,7-16,20-21,24-25H2,1-6H3. The van der Waals surface area contributed by atoms with Crippen molar-refractivity contribution in [3.8, 4) is 41.8 Å². The Hall–Kier alpha value is -4.12. The monoisotopic (exact) mass is 905 g/mol. The summed E-state index contributed by atoms with van der Waals surface area (Å²) in [5.41, 5.74) is 9.68. The lowest BCUT2D eigenvalue weighted by molar-refractivity contribution is 0.00578. The van der Waals surface area contributed by atoms with Crippen LogP contribution in [0.2, 0.25) is 0 Å². The molecule has 8 aromatic rings. The molecule has 5 heterocycles. The van der Waals surface area contributed by atoms with Crippen LogP contribution in [0.4, 0.5) is 0 Å². The number of unbranched alkanes of at least 4 members (excludes halogenated alkanes) is 10. The van der Waals surface area contributed by atoms with Gasteiger partial charge in [0, 0.05) is 53.0 Å².